The number of aliphatic hydroxyl groups is 10. The summed E-state index contributed by atoms with van der Waals surface area (Å²) in [5.41, 5.74) is 0. The highest BCUT2D eigenvalue weighted by atomic mass is 31.2. The molecule has 101 heavy (non-hydrogen) atoms. The Labute approximate surface area is 605 Å². The first-order chi connectivity index (χ1) is 48.7. The molecule has 0 amide bonds. The van der Waals surface area contributed by atoms with Gasteiger partial charge in [0, 0.05) is 19.3 Å². The molecular formula is C76H141O24P. The first-order valence-corrected chi connectivity index (χ1v) is 41.4. The van der Waals surface area contributed by atoms with Crippen LogP contribution in [0.4, 0.5) is 0 Å². The molecule has 2 aliphatic heterocycles. The lowest BCUT2D eigenvalue weighted by molar-refractivity contribution is -0.360. The summed E-state index contributed by atoms with van der Waals surface area (Å²) >= 11 is 0. The Balaban J connectivity index is 1.72. The van der Waals surface area contributed by atoms with Crippen LogP contribution in [-0.2, 0) is 61.2 Å². The first-order valence-electron chi connectivity index (χ1n) is 39.9. The lowest BCUT2D eigenvalue weighted by Gasteiger charge is -2.49. The van der Waals surface area contributed by atoms with E-state index in [0.29, 0.717) is 25.2 Å². The van der Waals surface area contributed by atoms with Crippen molar-refractivity contribution in [3.05, 3.63) is 12.2 Å². The molecule has 1 aliphatic carbocycles. The molecule has 3 fully saturated rings. The van der Waals surface area contributed by atoms with Gasteiger partial charge in [-0.1, -0.05) is 265 Å². The zero-order valence-corrected chi connectivity index (χ0v) is 63.3. The number of unbranched alkanes of at least 4 members (excludes halogenated alkanes) is 35. The van der Waals surface area contributed by atoms with Gasteiger partial charge >= 0.3 is 25.7 Å². The second kappa shape index (κ2) is 56.9. The van der Waals surface area contributed by atoms with Gasteiger partial charge in [-0.15, -0.1) is 0 Å². The van der Waals surface area contributed by atoms with Gasteiger partial charge in [0.1, 0.15) is 98.7 Å². The smallest absolute Gasteiger partial charge is 0.463 e. The minimum Gasteiger partial charge on any atom is -0.463 e. The Morgan fingerprint density at radius 3 is 1.18 bits per heavy atom. The number of hydrogen-bond donors (Lipinski definition) is 11. The summed E-state index contributed by atoms with van der Waals surface area (Å²) in [6.07, 6.45) is 15.4. The number of rotatable bonds is 62. The molecule has 0 bridgehead atoms. The molecule has 0 radical (unpaired) electrons. The zero-order chi connectivity index (χ0) is 74.1. The monoisotopic (exact) mass is 1470 g/mol. The molecule has 0 aromatic heterocycles. The Bertz CT molecular complexity index is 2150. The third kappa shape index (κ3) is 39.9. The van der Waals surface area contributed by atoms with E-state index in [-0.39, 0.29) is 19.3 Å². The van der Waals surface area contributed by atoms with Crippen LogP contribution in [0.2, 0.25) is 0 Å². The van der Waals surface area contributed by atoms with Gasteiger partial charge in [0.2, 0.25) is 0 Å². The van der Waals surface area contributed by atoms with E-state index in [1.165, 1.54) is 135 Å². The SMILES string of the molecule is CCCCCC/C=C\CCCCCCCCCC(=O)OCC1OC(OC2C(O)C(O)C(O)C(OC3OC(CO)C(O)C(O)C3O)C2OP(=O)(O)OCC(COC(=O)CCCCCCCCC(C)CCCCCCCC)OC(=O)CCCCCCCCCCCCCCCCC)C(O)C(O)C1O. The molecule has 24 nitrogen and oxygen atoms in total. The highest BCUT2D eigenvalue weighted by Gasteiger charge is 2.58. The van der Waals surface area contributed by atoms with Gasteiger partial charge in [0.15, 0.2) is 18.7 Å². The molecule has 1 saturated carbocycles. The second-order valence-electron chi connectivity index (χ2n) is 29.1. The van der Waals surface area contributed by atoms with Gasteiger partial charge in [0.25, 0.3) is 0 Å². The van der Waals surface area contributed by atoms with Gasteiger partial charge in [-0.25, -0.2) is 4.57 Å². The van der Waals surface area contributed by atoms with Crippen molar-refractivity contribution in [3.63, 3.8) is 0 Å². The minimum atomic E-state index is -5.70. The fraction of sp³-hybridized carbons (Fsp3) is 0.934. The van der Waals surface area contributed by atoms with Crippen LogP contribution in [0, 0.1) is 5.92 Å². The maximum Gasteiger partial charge on any atom is 0.472 e. The van der Waals surface area contributed by atoms with Crippen LogP contribution in [-0.4, -0.2) is 204 Å². The summed E-state index contributed by atoms with van der Waals surface area (Å²) in [7, 11) is -5.70. The van der Waals surface area contributed by atoms with E-state index < -0.39 is 156 Å². The van der Waals surface area contributed by atoms with Crippen LogP contribution in [0.1, 0.15) is 317 Å². The van der Waals surface area contributed by atoms with E-state index in [1.807, 2.05) is 0 Å². The van der Waals surface area contributed by atoms with Crippen molar-refractivity contribution >= 4 is 25.7 Å². The van der Waals surface area contributed by atoms with Gasteiger partial charge in [0.05, 0.1) is 13.2 Å². The number of carbonyl (C=O) groups is 3. The van der Waals surface area contributed by atoms with Gasteiger partial charge in [-0.3, -0.25) is 23.4 Å². The molecule has 11 N–H and O–H groups in total. The van der Waals surface area contributed by atoms with Crippen molar-refractivity contribution < 1.29 is 117 Å². The fourth-order valence-electron chi connectivity index (χ4n) is 13.4. The average molecular weight is 1470 g/mol. The van der Waals surface area contributed by atoms with Crippen LogP contribution in [0.5, 0.6) is 0 Å². The van der Waals surface area contributed by atoms with E-state index in [9.17, 15) is 74.9 Å². The maximum atomic E-state index is 14.4. The summed E-state index contributed by atoms with van der Waals surface area (Å²) in [5, 5.41) is 110. The van der Waals surface area contributed by atoms with E-state index in [4.69, 9.17) is 42.2 Å². The predicted molar refractivity (Wildman–Crippen MR) is 384 cm³/mol. The largest absolute Gasteiger partial charge is 0.472 e. The number of allylic oxidation sites excluding steroid dienone is 2. The summed E-state index contributed by atoms with van der Waals surface area (Å²) in [6, 6.07) is 0. The Hall–Kier alpha value is -2.30. The topological polar surface area (TPSA) is 374 Å². The molecule has 594 valence electrons. The predicted octanol–water partition coefficient (Wildman–Crippen LogP) is 11.8. The van der Waals surface area contributed by atoms with E-state index in [2.05, 4.69) is 39.8 Å². The molecule has 19 atom stereocenters. The van der Waals surface area contributed by atoms with Crippen LogP contribution >= 0.6 is 7.82 Å². The van der Waals surface area contributed by atoms with Crippen molar-refractivity contribution in [1.82, 2.24) is 0 Å². The molecule has 0 aromatic rings. The summed E-state index contributed by atoms with van der Waals surface area (Å²) in [4.78, 5) is 51.2. The number of phosphoric ester groups is 1. The van der Waals surface area contributed by atoms with Crippen molar-refractivity contribution in [1.29, 1.82) is 0 Å². The van der Waals surface area contributed by atoms with E-state index in [0.717, 1.165) is 116 Å². The van der Waals surface area contributed by atoms with Gasteiger partial charge in [-0.05, 0) is 50.9 Å². The third-order valence-corrected chi connectivity index (χ3v) is 20.9. The molecule has 0 spiro atoms. The number of ether oxygens (including phenoxy) is 7. The molecule has 25 heteroatoms. The summed E-state index contributed by atoms with van der Waals surface area (Å²) < 4.78 is 65.2. The number of esters is 3. The second-order valence-corrected chi connectivity index (χ2v) is 30.5. The number of hydrogen-bond acceptors (Lipinski definition) is 23. The lowest BCUT2D eigenvalue weighted by Crippen LogP contribution is -2.69. The molecule has 19 unspecified atom stereocenters. The minimum absolute atomic E-state index is 0.0245. The number of carbonyl (C=O) groups excluding carboxylic acids is 3. The van der Waals surface area contributed by atoms with Crippen molar-refractivity contribution in [2.24, 2.45) is 5.92 Å². The quantitative estimate of drug-likeness (QED) is 0.00886. The summed E-state index contributed by atoms with van der Waals surface area (Å²) in [6.45, 7) is 5.79. The first kappa shape index (κ1) is 92.9. The maximum absolute atomic E-state index is 14.4. The normalized spacial score (nSPS) is 27.5. The lowest BCUT2D eigenvalue weighted by atomic mass is 9.84. The highest BCUT2D eigenvalue weighted by molar-refractivity contribution is 7.47. The van der Waals surface area contributed by atoms with Crippen molar-refractivity contribution in [2.75, 3.05) is 26.4 Å². The van der Waals surface area contributed by atoms with Gasteiger partial charge < -0.3 is 89.1 Å². The van der Waals surface area contributed by atoms with Crippen LogP contribution in [0.15, 0.2) is 12.2 Å². The van der Waals surface area contributed by atoms with Crippen LogP contribution in [0.25, 0.3) is 0 Å². The molecule has 3 aliphatic rings. The number of phosphoric acid groups is 1. The zero-order valence-electron chi connectivity index (χ0n) is 62.4. The average Bonchev–Trinajstić information content (AvgIpc) is 0.760. The Kier molecular flexibility index (Phi) is 52.4. The summed E-state index contributed by atoms with van der Waals surface area (Å²) in [5.74, 6) is -1.28. The molecule has 2 heterocycles. The molecular weight excluding hydrogens is 1330 g/mol. The fourth-order valence-corrected chi connectivity index (χ4v) is 14.3. The highest BCUT2D eigenvalue weighted by Crippen LogP contribution is 2.49. The van der Waals surface area contributed by atoms with Crippen molar-refractivity contribution in [2.45, 2.75) is 421 Å². The molecule has 0 aromatic carbocycles. The standard InChI is InChI=1S/C76H141O24P/c1-5-8-11-14-17-19-21-23-25-27-29-31-33-39-45-50-61(79)93-55-59-64(82)66(84)71(89)76(97-59)99-73-69(87)67(85)68(86)72(98-75-70(88)65(83)63(81)58(52-77)96-75)74(73)100-101(90,91)94-54-57(95-62(80)51-46-41-34-32-30-28-26-24-22-20-18-15-12-9-6-2)53-92-60(78)49-44-40-36-35-38-43-48-56(4)47-42-37-16-13-10-7-3/h19,21,56-59,63-77,81-89H,5-18,20,22-55H2,1-4H3,(H,90,91)/b21-19-. The van der Waals surface area contributed by atoms with Crippen LogP contribution in [0.3, 0.4) is 0 Å². The number of aliphatic hydroxyl groups excluding tert-OH is 10. The molecule has 3 rings (SSSR count). The van der Waals surface area contributed by atoms with Gasteiger partial charge in [-0.2, -0.15) is 0 Å². The van der Waals surface area contributed by atoms with E-state index >= 15 is 0 Å². The van der Waals surface area contributed by atoms with Crippen LogP contribution < -0.4 is 0 Å². The van der Waals surface area contributed by atoms with Crippen molar-refractivity contribution in [3.8, 4) is 0 Å². The Morgan fingerprint density at radius 2 is 0.752 bits per heavy atom. The Morgan fingerprint density at radius 1 is 0.406 bits per heavy atom. The third-order valence-electron chi connectivity index (χ3n) is 19.9. The molecule has 2 saturated heterocycles. The van der Waals surface area contributed by atoms with E-state index in [1.54, 1.807) is 0 Å².